The van der Waals surface area contributed by atoms with Crippen molar-refractivity contribution in [2.24, 2.45) is 11.8 Å². The normalized spacial score (nSPS) is 13.9. The lowest BCUT2D eigenvalue weighted by Crippen LogP contribution is -2.30. The maximum absolute atomic E-state index is 12.1. The summed E-state index contributed by atoms with van der Waals surface area (Å²) >= 11 is 1.27. The van der Waals surface area contributed by atoms with Crippen molar-refractivity contribution in [3.05, 3.63) is 17.0 Å². The molecule has 1 atom stereocenters. The van der Waals surface area contributed by atoms with Gasteiger partial charge in [0.15, 0.2) is 0 Å². The smallest absolute Gasteiger partial charge is 0.250 e. The number of hydrogen-bond acceptors (Lipinski definition) is 4. The molecule has 0 bridgehead atoms. The summed E-state index contributed by atoms with van der Waals surface area (Å²) in [5.41, 5.74) is 0. The molecule has 0 aliphatic heterocycles. The van der Waals surface area contributed by atoms with E-state index in [0.29, 0.717) is 23.1 Å². The van der Waals surface area contributed by atoms with Crippen LogP contribution in [0, 0.1) is 18.8 Å². The first-order valence-electron chi connectivity index (χ1n) is 6.52. The molecule has 0 radical (unpaired) electrons. The van der Waals surface area contributed by atoms with E-state index >= 15 is 0 Å². The second-order valence-corrected chi connectivity index (χ2v) is 8.51. The van der Waals surface area contributed by atoms with Crippen LogP contribution in [0.4, 0.5) is 0 Å². The van der Waals surface area contributed by atoms with Gasteiger partial charge in [0, 0.05) is 18.0 Å². The predicted molar refractivity (Wildman–Crippen MR) is 78.9 cm³/mol. The summed E-state index contributed by atoms with van der Waals surface area (Å²) in [6.45, 7) is 6.56. The summed E-state index contributed by atoms with van der Waals surface area (Å²) in [5, 5.41) is 9.02. The fourth-order valence-electron chi connectivity index (χ4n) is 2.01. The lowest BCUT2D eigenvalue weighted by atomic mass is 9.95. The Kier molecular flexibility index (Phi) is 6.46. The number of sulfonamides is 1. The van der Waals surface area contributed by atoms with Crippen molar-refractivity contribution in [2.45, 2.75) is 37.8 Å². The molecule has 1 aromatic rings. The molecule has 1 unspecified atom stereocenters. The zero-order valence-corrected chi connectivity index (χ0v) is 13.4. The maximum atomic E-state index is 12.1. The third-order valence-corrected chi connectivity index (χ3v) is 5.80. The van der Waals surface area contributed by atoms with Gasteiger partial charge in [-0.05, 0) is 43.7 Å². The van der Waals surface area contributed by atoms with Gasteiger partial charge < -0.3 is 5.11 Å². The van der Waals surface area contributed by atoms with Crippen LogP contribution in [0.1, 0.15) is 31.6 Å². The fraction of sp³-hybridized carbons (Fsp3) is 0.692. The topological polar surface area (TPSA) is 66.4 Å². The number of nitrogens with one attached hydrogen (secondary N) is 1. The van der Waals surface area contributed by atoms with Gasteiger partial charge in [-0.1, -0.05) is 13.8 Å². The molecule has 2 N–H and O–H groups in total. The van der Waals surface area contributed by atoms with Crippen LogP contribution in [0.3, 0.4) is 0 Å². The molecule has 19 heavy (non-hydrogen) atoms. The highest BCUT2D eigenvalue weighted by atomic mass is 32.2. The minimum absolute atomic E-state index is 0.0945. The van der Waals surface area contributed by atoms with E-state index in [4.69, 9.17) is 5.11 Å². The molecule has 1 heterocycles. The monoisotopic (exact) mass is 305 g/mol. The number of aliphatic hydroxyl groups is 1. The first kappa shape index (κ1) is 16.6. The van der Waals surface area contributed by atoms with Crippen molar-refractivity contribution in [2.75, 3.05) is 13.2 Å². The van der Waals surface area contributed by atoms with Crippen molar-refractivity contribution in [3.63, 3.8) is 0 Å². The van der Waals surface area contributed by atoms with Crippen molar-refractivity contribution in [1.29, 1.82) is 0 Å². The van der Waals surface area contributed by atoms with Crippen molar-refractivity contribution in [1.82, 2.24) is 4.72 Å². The Morgan fingerprint density at radius 1 is 1.37 bits per heavy atom. The predicted octanol–water partition coefficient (Wildman–Crippen LogP) is 2.38. The fourth-order valence-corrected chi connectivity index (χ4v) is 4.45. The van der Waals surface area contributed by atoms with Gasteiger partial charge in [0.25, 0.3) is 0 Å². The first-order valence-corrected chi connectivity index (χ1v) is 8.82. The van der Waals surface area contributed by atoms with Crippen LogP contribution in [0.15, 0.2) is 16.3 Å². The lowest BCUT2D eigenvalue weighted by molar-refractivity contribution is 0.243. The Hall–Kier alpha value is -0.430. The molecule has 1 rings (SSSR count). The van der Waals surface area contributed by atoms with Gasteiger partial charge in [-0.2, -0.15) is 0 Å². The minimum atomic E-state index is -3.40. The van der Waals surface area contributed by atoms with Gasteiger partial charge in [0.05, 0.1) is 0 Å². The molecule has 1 aromatic heterocycles. The van der Waals surface area contributed by atoms with E-state index in [0.717, 1.165) is 11.3 Å². The van der Waals surface area contributed by atoms with E-state index < -0.39 is 10.0 Å². The van der Waals surface area contributed by atoms with Crippen LogP contribution in [-0.4, -0.2) is 26.7 Å². The SMILES string of the molecule is Cc1ccc(S(=O)(=O)NCC(CCO)CC(C)C)s1. The molecular weight excluding hydrogens is 282 g/mol. The maximum Gasteiger partial charge on any atom is 0.250 e. The Bertz CT molecular complexity index is 480. The van der Waals surface area contributed by atoms with Crippen LogP contribution < -0.4 is 4.72 Å². The molecule has 110 valence electrons. The zero-order valence-electron chi connectivity index (χ0n) is 11.7. The first-order chi connectivity index (χ1) is 8.85. The van der Waals surface area contributed by atoms with Gasteiger partial charge in [-0.25, -0.2) is 13.1 Å². The number of rotatable bonds is 8. The highest BCUT2D eigenvalue weighted by Gasteiger charge is 2.19. The number of aliphatic hydroxyl groups excluding tert-OH is 1. The largest absolute Gasteiger partial charge is 0.396 e. The molecule has 6 heteroatoms. The van der Waals surface area contributed by atoms with E-state index in [9.17, 15) is 8.42 Å². The molecule has 0 saturated heterocycles. The molecule has 0 amide bonds. The van der Waals surface area contributed by atoms with Crippen molar-refractivity contribution in [3.8, 4) is 0 Å². The van der Waals surface area contributed by atoms with Crippen molar-refractivity contribution >= 4 is 21.4 Å². The molecule has 4 nitrogen and oxygen atoms in total. The molecule has 0 aliphatic carbocycles. The Labute approximate surface area is 119 Å². The van der Waals surface area contributed by atoms with Gasteiger partial charge in [0.2, 0.25) is 10.0 Å². The average molecular weight is 305 g/mol. The summed E-state index contributed by atoms with van der Waals surface area (Å²) < 4.78 is 27.2. The standard InChI is InChI=1S/C13H23NO3S2/c1-10(2)8-12(6-7-15)9-14-19(16,17)13-5-4-11(3)18-13/h4-5,10,12,14-15H,6-9H2,1-3H3. The minimum Gasteiger partial charge on any atom is -0.396 e. The van der Waals surface area contributed by atoms with Gasteiger partial charge in [-0.15, -0.1) is 11.3 Å². The molecule has 0 fully saturated rings. The van der Waals surface area contributed by atoms with Crippen LogP contribution in [0.5, 0.6) is 0 Å². The van der Waals surface area contributed by atoms with E-state index in [2.05, 4.69) is 18.6 Å². The second kappa shape index (κ2) is 7.38. The van der Waals surface area contributed by atoms with Crippen molar-refractivity contribution < 1.29 is 13.5 Å². The van der Waals surface area contributed by atoms with E-state index in [-0.39, 0.29) is 12.5 Å². The summed E-state index contributed by atoms with van der Waals surface area (Å²) in [6.07, 6.45) is 1.54. The van der Waals surface area contributed by atoms with E-state index in [1.165, 1.54) is 11.3 Å². The average Bonchev–Trinajstić information content (AvgIpc) is 2.73. The summed E-state index contributed by atoms with van der Waals surface area (Å²) in [6, 6.07) is 3.43. The third kappa shape index (κ3) is 5.60. The van der Waals surface area contributed by atoms with Crippen LogP contribution in [-0.2, 0) is 10.0 Å². The number of aryl methyl sites for hydroxylation is 1. The van der Waals surface area contributed by atoms with Gasteiger partial charge in [0.1, 0.15) is 4.21 Å². The molecule has 0 aliphatic rings. The molecule has 0 saturated carbocycles. The third-order valence-electron chi connectivity index (χ3n) is 2.88. The lowest BCUT2D eigenvalue weighted by Gasteiger charge is -2.18. The highest BCUT2D eigenvalue weighted by molar-refractivity contribution is 7.91. The van der Waals surface area contributed by atoms with E-state index in [1.807, 2.05) is 6.92 Å². The van der Waals surface area contributed by atoms with Crippen LogP contribution >= 0.6 is 11.3 Å². The number of hydrogen-bond donors (Lipinski definition) is 2. The highest BCUT2D eigenvalue weighted by Crippen LogP contribution is 2.21. The summed E-state index contributed by atoms with van der Waals surface area (Å²) in [7, 11) is -3.40. The molecule has 0 aromatic carbocycles. The summed E-state index contributed by atoms with van der Waals surface area (Å²) in [4.78, 5) is 0.981. The second-order valence-electron chi connectivity index (χ2n) is 5.22. The molecule has 0 spiro atoms. The van der Waals surface area contributed by atoms with E-state index in [1.54, 1.807) is 12.1 Å². The Balaban J connectivity index is 2.62. The van der Waals surface area contributed by atoms with Crippen LogP contribution in [0.2, 0.25) is 0 Å². The Morgan fingerprint density at radius 3 is 2.53 bits per heavy atom. The van der Waals surface area contributed by atoms with Gasteiger partial charge in [-0.3, -0.25) is 0 Å². The van der Waals surface area contributed by atoms with Crippen LogP contribution in [0.25, 0.3) is 0 Å². The Morgan fingerprint density at radius 2 is 2.05 bits per heavy atom. The van der Waals surface area contributed by atoms with Gasteiger partial charge >= 0.3 is 0 Å². The quantitative estimate of drug-likeness (QED) is 0.775. The molecular formula is C13H23NO3S2. The summed E-state index contributed by atoms with van der Waals surface area (Å²) in [5.74, 6) is 0.672. The zero-order chi connectivity index (χ0) is 14.5. The number of thiophene rings is 1.